The number of carbonyl (C=O) groups is 1. The molecule has 0 aromatic rings. The Morgan fingerprint density at radius 1 is 1.19 bits per heavy atom. The van der Waals surface area contributed by atoms with Gasteiger partial charge in [0.1, 0.15) is 0 Å². The fourth-order valence-electron chi connectivity index (χ4n) is 4.23. The van der Waals surface area contributed by atoms with Crippen LogP contribution in [-0.2, 0) is 4.79 Å². The van der Waals surface area contributed by atoms with Crippen LogP contribution in [0.2, 0.25) is 0 Å². The summed E-state index contributed by atoms with van der Waals surface area (Å²) < 4.78 is 0. The second-order valence-corrected chi connectivity index (χ2v) is 7.35. The van der Waals surface area contributed by atoms with Crippen LogP contribution in [0.1, 0.15) is 58.8 Å². The highest BCUT2D eigenvalue weighted by Crippen LogP contribution is 2.39. The molecule has 0 aromatic heterocycles. The molecule has 2 unspecified atom stereocenters. The highest BCUT2D eigenvalue weighted by Gasteiger charge is 2.45. The molecular formula is C17H30N2O2. The van der Waals surface area contributed by atoms with Gasteiger partial charge in [0.2, 0.25) is 5.91 Å². The van der Waals surface area contributed by atoms with E-state index in [1.54, 1.807) is 0 Å². The molecule has 1 saturated carbocycles. The first-order chi connectivity index (χ1) is 10.1. The van der Waals surface area contributed by atoms with Crippen LogP contribution in [0.25, 0.3) is 0 Å². The van der Waals surface area contributed by atoms with Crippen molar-refractivity contribution in [3.63, 3.8) is 0 Å². The first-order valence-electron chi connectivity index (χ1n) is 8.82. The molecule has 1 N–H and O–H groups in total. The largest absolute Gasteiger partial charge is 0.389 e. The maximum Gasteiger partial charge on any atom is 0.223 e. The van der Waals surface area contributed by atoms with Gasteiger partial charge in [-0.25, -0.2) is 0 Å². The number of amides is 1. The molecule has 0 aromatic carbocycles. The minimum absolute atomic E-state index is 0.394. The first-order valence-corrected chi connectivity index (χ1v) is 8.82. The van der Waals surface area contributed by atoms with E-state index >= 15 is 0 Å². The van der Waals surface area contributed by atoms with Crippen LogP contribution in [0.15, 0.2) is 0 Å². The van der Waals surface area contributed by atoms with E-state index in [1.165, 1.54) is 12.8 Å². The summed E-state index contributed by atoms with van der Waals surface area (Å²) in [5, 5.41) is 10.6. The molecule has 3 fully saturated rings. The molecule has 0 bridgehead atoms. The van der Waals surface area contributed by atoms with Crippen molar-refractivity contribution in [2.75, 3.05) is 19.6 Å². The van der Waals surface area contributed by atoms with Crippen molar-refractivity contribution in [1.82, 2.24) is 9.80 Å². The van der Waals surface area contributed by atoms with Crippen molar-refractivity contribution in [2.24, 2.45) is 5.92 Å². The van der Waals surface area contributed by atoms with E-state index in [0.717, 1.165) is 51.7 Å². The number of hydrogen-bond donors (Lipinski definition) is 1. The summed E-state index contributed by atoms with van der Waals surface area (Å²) in [5.74, 6) is 1.01. The minimum Gasteiger partial charge on any atom is -0.389 e. The number of fused-ring (bicyclic) bond motifs is 1. The van der Waals surface area contributed by atoms with E-state index in [2.05, 4.69) is 23.6 Å². The Hall–Kier alpha value is -0.610. The lowest BCUT2D eigenvalue weighted by Gasteiger charge is -2.48. The van der Waals surface area contributed by atoms with Crippen LogP contribution in [0, 0.1) is 5.92 Å². The molecule has 1 amide bonds. The fraction of sp³-hybridized carbons (Fsp3) is 0.941. The van der Waals surface area contributed by atoms with E-state index in [9.17, 15) is 9.90 Å². The number of hydrogen-bond acceptors (Lipinski definition) is 3. The number of likely N-dealkylation sites (tertiary alicyclic amines) is 2. The Balaban J connectivity index is 1.62. The molecule has 2 atom stereocenters. The van der Waals surface area contributed by atoms with E-state index in [0.29, 0.717) is 23.9 Å². The highest BCUT2D eigenvalue weighted by atomic mass is 16.3. The van der Waals surface area contributed by atoms with Gasteiger partial charge in [0.15, 0.2) is 0 Å². The van der Waals surface area contributed by atoms with Crippen LogP contribution in [0.3, 0.4) is 0 Å². The molecule has 3 aliphatic rings. The van der Waals surface area contributed by atoms with Gasteiger partial charge in [0, 0.05) is 38.1 Å². The summed E-state index contributed by atoms with van der Waals surface area (Å²) in [6.45, 7) is 7.03. The summed E-state index contributed by atoms with van der Waals surface area (Å²) in [5.41, 5.74) is -0.534. The average molecular weight is 294 g/mol. The zero-order chi connectivity index (χ0) is 15.0. The molecule has 4 heteroatoms. The number of aliphatic hydroxyl groups is 1. The predicted octanol–water partition coefficient (Wildman–Crippen LogP) is 2.01. The summed E-state index contributed by atoms with van der Waals surface area (Å²) in [6, 6.07) is 1.03. The standard InChI is InChI=1S/C17H30N2O2/c1-3-17(21,4-2)12-18-10-9-15-13(11-18)5-8-16(20)19(15)14-6-7-14/h13-15,21H,3-12H2,1-2H3. The Morgan fingerprint density at radius 3 is 2.52 bits per heavy atom. The SMILES string of the molecule is CCC(O)(CC)CN1CCC2C(CCC(=O)N2C2CC2)C1. The summed E-state index contributed by atoms with van der Waals surface area (Å²) >= 11 is 0. The summed E-state index contributed by atoms with van der Waals surface area (Å²) in [7, 11) is 0. The fourth-order valence-corrected chi connectivity index (χ4v) is 4.23. The Kier molecular flexibility index (Phi) is 4.28. The summed E-state index contributed by atoms with van der Waals surface area (Å²) in [4.78, 5) is 16.9. The molecule has 120 valence electrons. The number of β-amino-alcohol motifs (C(OH)–C–C–N with tert-alkyl or cyclic N) is 1. The first kappa shape index (κ1) is 15.3. The zero-order valence-electron chi connectivity index (χ0n) is 13.6. The molecule has 21 heavy (non-hydrogen) atoms. The lowest BCUT2D eigenvalue weighted by molar-refractivity contribution is -0.142. The van der Waals surface area contributed by atoms with Gasteiger partial charge in [-0.2, -0.15) is 0 Å². The lowest BCUT2D eigenvalue weighted by atomic mass is 9.82. The monoisotopic (exact) mass is 294 g/mol. The van der Waals surface area contributed by atoms with Crippen LogP contribution in [0.4, 0.5) is 0 Å². The molecule has 4 nitrogen and oxygen atoms in total. The van der Waals surface area contributed by atoms with Crippen molar-refractivity contribution in [3.05, 3.63) is 0 Å². The third-order valence-corrected chi connectivity index (χ3v) is 5.93. The predicted molar refractivity (Wildman–Crippen MR) is 83.0 cm³/mol. The van der Waals surface area contributed by atoms with Crippen LogP contribution >= 0.6 is 0 Å². The Morgan fingerprint density at radius 2 is 1.90 bits per heavy atom. The van der Waals surface area contributed by atoms with Gasteiger partial charge < -0.3 is 14.9 Å². The van der Waals surface area contributed by atoms with Gasteiger partial charge in [-0.1, -0.05) is 13.8 Å². The second-order valence-electron chi connectivity index (χ2n) is 7.35. The molecule has 2 saturated heterocycles. The molecular weight excluding hydrogens is 264 g/mol. The number of piperidine rings is 2. The van der Waals surface area contributed by atoms with Crippen molar-refractivity contribution in [2.45, 2.75) is 76.5 Å². The third-order valence-electron chi connectivity index (χ3n) is 5.93. The van der Waals surface area contributed by atoms with Gasteiger partial charge >= 0.3 is 0 Å². The number of nitrogens with zero attached hydrogens (tertiary/aromatic N) is 2. The third kappa shape index (κ3) is 3.11. The maximum absolute atomic E-state index is 12.2. The average Bonchev–Trinajstić information content (AvgIpc) is 3.31. The Bertz CT molecular complexity index is 390. The van der Waals surface area contributed by atoms with Gasteiger partial charge in [-0.3, -0.25) is 4.79 Å². The maximum atomic E-state index is 12.2. The molecule has 2 heterocycles. The van der Waals surface area contributed by atoms with Crippen LogP contribution < -0.4 is 0 Å². The molecule has 1 aliphatic carbocycles. The number of carbonyl (C=O) groups excluding carboxylic acids is 1. The normalized spacial score (nSPS) is 31.4. The minimum atomic E-state index is -0.534. The zero-order valence-corrected chi connectivity index (χ0v) is 13.6. The number of rotatable bonds is 5. The van der Waals surface area contributed by atoms with Gasteiger partial charge in [-0.05, 0) is 44.4 Å². The van der Waals surface area contributed by atoms with Crippen molar-refractivity contribution in [1.29, 1.82) is 0 Å². The van der Waals surface area contributed by atoms with Crippen LogP contribution in [0.5, 0.6) is 0 Å². The van der Waals surface area contributed by atoms with E-state index in [1.807, 2.05) is 0 Å². The van der Waals surface area contributed by atoms with Crippen molar-refractivity contribution >= 4 is 5.91 Å². The van der Waals surface area contributed by atoms with Gasteiger partial charge in [0.05, 0.1) is 5.60 Å². The van der Waals surface area contributed by atoms with Gasteiger partial charge in [-0.15, -0.1) is 0 Å². The van der Waals surface area contributed by atoms with Crippen LogP contribution in [-0.4, -0.2) is 58.1 Å². The van der Waals surface area contributed by atoms with Crippen molar-refractivity contribution < 1.29 is 9.90 Å². The summed E-state index contributed by atoms with van der Waals surface area (Å²) in [6.07, 6.45) is 6.93. The Labute approximate surface area is 128 Å². The smallest absolute Gasteiger partial charge is 0.223 e. The van der Waals surface area contributed by atoms with Crippen molar-refractivity contribution in [3.8, 4) is 0 Å². The molecule has 0 spiro atoms. The van der Waals surface area contributed by atoms with E-state index in [-0.39, 0.29) is 0 Å². The topological polar surface area (TPSA) is 43.8 Å². The van der Waals surface area contributed by atoms with Gasteiger partial charge in [0.25, 0.3) is 0 Å². The lowest BCUT2D eigenvalue weighted by Crippen LogP contribution is -2.58. The van der Waals surface area contributed by atoms with E-state index < -0.39 is 5.60 Å². The second kappa shape index (κ2) is 5.88. The highest BCUT2D eigenvalue weighted by molar-refractivity contribution is 5.78. The molecule has 2 aliphatic heterocycles. The van der Waals surface area contributed by atoms with E-state index in [4.69, 9.17) is 0 Å². The molecule has 3 rings (SSSR count). The molecule has 0 radical (unpaired) electrons. The quantitative estimate of drug-likeness (QED) is 0.843.